The molecule has 6 rings (SSSR count). The van der Waals surface area contributed by atoms with Crippen LogP contribution < -0.4 is 33.4 Å². The lowest BCUT2D eigenvalue weighted by Gasteiger charge is -2.17. The number of nitrogens with two attached hydrogens (primary N) is 3. The van der Waals surface area contributed by atoms with E-state index in [1.54, 1.807) is 62.4 Å². The molecule has 2 heterocycles. The average Bonchev–Trinajstić information content (AvgIpc) is 3.74. The van der Waals surface area contributed by atoms with Crippen LogP contribution in [0.2, 0.25) is 0 Å². The van der Waals surface area contributed by atoms with E-state index in [1.165, 1.54) is 12.3 Å². The minimum absolute atomic E-state index is 0.00542. The number of benzene rings is 4. The summed E-state index contributed by atoms with van der Waals surface area (Å²) in [5, 5.41) is 12.8. The van der Waals surface area contributed by atoms with Crippen molar-refractivity contribution in [3.05, 3.63) is 147 Å². The molecule has 0 fully saturated rings. The summed E-state index contributed by atoms with van der Waals surface area (Å²) < 4.78 is 82.3. The van der Waals surface area contributed by atoms with Crippen LogP contribution >= 0.6 is 0 Å². The van der Waals surface area contributed by atoms with Crippen molar-refractivity contribution >= 4 is 23.2 Å². The molecule has 0 unspecified atom stereocenters. The summed E-state index contributed by atoms with van der Waals surface area (Å²) in [5.74, 6) is -1.85. The Morgan fingerprint density at radius 2 is 1.56 bits per heavy atom. The molecule has 6 aromatic rings. The van der Waals surface area contributed by atoms with Gasteiger partial charge in [-0.2, -0.15) is 31.3 Å². The Balaban J connectivity index is 0.000000344. The van der Waals surface area contributed by atoms with Gasteiger partial charge < -0.3 is 37.2 Å². The summed E-state index contributed by atoms with van der Waals surface area (Å²) >= 11 is 0. The van der Waals surface area contributed by atoms with Crippen molar-refractivity contribution in [2.24, 2.45) is 16.6 Å². The second kappa shape index (κ2) is 19.7. The van der Waals surface area contributed by atoms with Crippen molar-refractivity contribution in [1.82, 2.24) is 25.0 Å². The molecule has 320 valence electrons. The van der Waals surface area contributed by atoms with Gasteiger partial charge in [0.05, 0.1) is 17.5 Å². The van der Waals surface area contributed by atoms with Crippen molar-refractivity contribution in [2.75, 3.05) is 11.1 Å². The topological polar surface area (TPSA) is 215 Å². The SMILES string of the molecule is CC(C)Nc1ncc(-c2cc(N)cc(C(F)(F)F)c2)n(CC(=O)NCc2ccc(/C(N)=N/OCc3ccccc3)cc2)c1=O.NCc1ccc(-c2noc(C(F)(F)F)n2)cc1. The Hall–Kier alpha value is -7.22. The zero-order chi connectivity index (χ0) is 44.3. The first kappa shape index (κ1) is 44.9. The number of nitrogen functional groups attached to an aromatic ring is 1. The largest absolute Gasteiger partial charge is 0.471 e. The molecule has 8 N–H and O–H groups in total. The predicted molar refractivity (Wildman–Crippen MR) is 215 cm³/mol. The molecule has 0 spiro atoms. The number of amidine groups is 1. The van der Waals surface area contributed by atoms with Gasteiger partial charge in [-0.25, -0.2) is 4.98 Å². The first-order chi connectivity index (χ1) is 28.9. The molecule has 20 heteroatoms. The molecule has 0 saturated carbocycles. The van der Waals surface area contributed by atoms with Crippen LogP contribution in [0.3, 0.4) is 0 Å². The van der Waals surface area contributed by atoms with Crippen LogP contribution in [0.1, 0.15) is 47.6 Å². The van der Waals surface area contributed by atoms with E-state index in [2.05, 4.69) is 35.4 Å². The smallest absolute Gasteiger partial charge is 0.399 e. The predicted octanol–water partition coefficient (Wildman–Crippen LogP) is 6.70. The molecule has 4 aromatic carbocycles. The summed E-state index contributed by atoms with van der Waals surface area (Å²) in [4.78, 5) is 39.0. The van der Waals surface area contributed by atoms with Gasteiger partial charge in [0.15, 0.2) is 11.7 Å². The number of nitrogens with one attached hydrogen (secondary N) is 2. The number of halogens is 6. The zero-order valence-electron chi connectivity index (χ0n) is 32.6. The standard InChI is InChI=1S/C31H32F3N7O3.C10H8F3N3O/c1-19(2)39-29-30(43)41(26(16-38-29)23-12-24(31(32,33)34)14-25(35)13-23)17-27(42)37-15-20-8-10-22(11-9-20)28(36)40-44-18-21-6-4-3-5-7-21;11-10(12,13)9-15-8(16-17-9)7-3-1-6(5-14)2-4-7/h3-14,16,19H,15,17-18,35H2,1-2H3,(H2,36,40)(H,37,42)(H,38,39);1-4H,5,14H2. The average molecular weight is 851 g/mol. The normalized spacial score (nSPS) is 11.8. The molecule has 2 aromatic heterocycles. The third-order valence-corrected chi connectivity index (χ3v) is 8.45. The number of anilines is 2. The fourth-order valence-corrected chi connectivity index (χ4v) is 5.45. The second-order valence-corrected chi connectivity index (χ2v) is 13.6. The maximum atomic E-state index is 13.5. The number of hydrogen-bond donors (Lipinski definition) is 5. The minimum atomic E-state index is -4.67. The number of nitrogens with zero attached hydrogens (tertiary/aromatic N) is 5. The quantitative estimate of drug-likeness (QED) is 0.0271. The van der Waals surface area contributed by atoms with Gasteiger partial charge >= 0.3 is 18.2 Å². The van der Waals surface area contributed by atoms with E-state index in [4.69, 9.17) is 22.0 Å². The first-order valence-corrected chi connectivity index (χ1v) is 18.3. The summed E-state index contributed by atoms with van der Waals surface area (Å²) in [6.45, 7) is 3.86. The monoisotopic (exact) mass is 850 g/mol. The molecule has 0 aliphatic rings. The van der Waals surface area contributed by atoms with Crippen molar-refractivity contribution < 1.29 is 40.5 Å². The highest BCUT2D eigenvalue weighted by molar-refractivity contribution is 5.97. The number of aromatic nitrogens is 4. The second-order valence-electron chi connectivity index (χ2n) is 13.6. The highest BCUT2D eigenvalue weighted by Crippen LogP contribution is 2.34. The van der Waals surface area contributed by atoms with E-state index < -0.39 is 41.8 Å². The lowest BCUT2D eigenvalue weighted by atomic mass is 10.1. The lowest BCUT2D eigenvalue weighted by molar-refractivity contribution is -0.159. The van der Waals surface area contributed by atoms with E-state index in [0.717, 1.165) is 33.4 Å². The van der Waals surface area contributed by atoms with Crippen molar-refractivity contribution in [1.29, 1.82) is 0 Å². The van der Waals surface area contributed by atoms with Crippen LogP contribution in [0, 0.1) is 0 Å². The maximum Gasteiger partial charge on any atom is 0.471 e. The van der Waals surface area contributed by atoms with Crippen molar-refractivity contribution in [3.63, 3.8) is 0 Å². The summed E-state index contributed by atoms with van der Waals surface area (Å²) in [5.41, 5.74) is 19.0. The molecule has 0 aliphatic heterocycles. The molecule has 14 nitrogen and oxygen atoms in total. The van der Waals surface area contributed by atoms with Gasteiger partial charge in [0.1, 0.15) is 13.2 Å². The number of carbonyl (C=O) groups excluding carboxylic acids is 1. The Labute approximate surface area is 344 Å². The highest BCUT2D eigenvalue weighted by Gasteiger charge is 2.38. The van der Waals surface area contributed by atoms with Crippen molar-refractivity contribution in [3.8, 4) is 22.6 Å². The van der Waals surface area contributed by atoms with Crippen LogP contribution in [0.15, 0.2) is 118 Å². The van der Waals surface area contributed by atoms with E-state index in [9.17, 15) is 35.9 Å². The van der Waals surface area contributed by atoms with Crippen LogP contribution in [0.5, 0.6) is 0 Å². The van der Waals surface area contributed by atoms with Crippen LogP contribution in [0.25, 0.3) is 22.6 Å². The van der Waals surface area contributed by atoms with Crippen LogP contribution in [0.4, 0.5) is 37.8 Å². The number of hydrogen-bond acceptors (Lipinski definition) is 11. The fourth-order valence-electron chi connectivity index (χ4n) is 5.45. The third kappa shape index (κ3) is 12.6. The van der Waals surface area contributed by atoms with E-state index in [1.807, 2.05) is 30.3 Å². The Kier molecular flexibility index (Phi) is 14.5. The molecule has 1 amide bonds. The molecule has 61 heavy (non-hydrogen) atoms. The highest BCUT2D eigenvalue weighted by atomic mass is 19.4. The third-order valence-electron chi connectivity index (χ3n) is 8.45. The first-order valence-electron chi connectivity index (χ1n) is 18.3. The van der Waals surface area contributed by atoms with Gasteiger partial charge in [-0.05, 0) is 48.7 Å². The van der Waals surface area contributed by atoms with Gasteiger partial charge in [-0.15, -0.1) is 0 Å². The number of amides is 1. The number of oxime groups is 1. The molecular weight excluding hydrogens is 811 g/mol. The van der Waals surface area contributed by atoms with Crippen LogP contribution in [-0.4, -0.2) is 37.5 Å². The molecule has 0 bridgehead atoms. The van der Waals surface area contributed by atoms with Crippen molar-refractivity contribution in [2.45, 2.75) is 58.5 Å². The molecular formula is C41H40F6N10O4. The van der Waals surface area contributed by atoms with Gasteiger partial charge in [0.25, 0.3) is 5.56 Å². The number of alkyl halides is 6. The van der Waals surface area contributed by atoms with E-state index in [0.29, 0.717) is 17.7 Å². The molecule has 0 radical (unpaired) electrons. The van der Waals surface area contributed by atoms with Gasteiger partial charge in [-0.3, -0.25) is 14.2 Å². The van der Waals surface area contributed by atoms with Crippen LogP contribution in [-0.2, 0) is 48.2 Å². The Bertz CT molecular complexity index is 2490. The van der Waals surface area contributed by atoms with E-state index in [-0.39, 0.29) is 53.6 Å². The molecule has 0 aliphatic carbocycles. The van der Waals surface area contributed by atoms with Gasteiger partial charge in [0, 0.05) is 41.5 Å². The summed E-state index contributed by atoms with van der Waals surface area (Å²) in [7, 11) is 0. The van der Waals surface area contributed by atoms with E-state index >= 15 is 0 Å². The summed E-state index contributed by atoms with van der Waals surface area (Å²) in [6, 6.07) is 25.8. The molecule has 0 atom stereocenters. The number of rotatable bonds is 13. The lowest BCUT2D eigenvalue weighted by Crippen LogP contribution is -2.35. The Morgan fingerprint density at radius 1 is 0.885 bits per heavy atom. The minimum Gasteiger partial charge on any atom is -0.399 e. The molecule has 0 saturated heterocycles. The Morgan fingerprint density at radius 3 is 2.16 bits per heavy atom. The van der Waals surface area contributed by atoms with Gasteiger partial charge in [-0.1, -0.05) is 89.2 Å². The zero-order valence-corrected chi connectivity index (χ0v) is 32.6. The van der Waals surface area contributed by atoms with Gasteiger partial charge in [0.2, 0.25) is 11.7 Å². The number of carbonyl (C=O) groups is 1. The maximum absolute atomic E-state index is 13.5. The fraction of sp³-hybridized carbons (Fsp3) is 0.220. The summed E-state index contributed by atoms with van der Waals surface area (Å²) in [6.07, 6.45) is -8.05.